The van der Waals surface area contributed by atoms with Crippen LogP contribution in [0.1, 0.15) is 12.0 Å². The van der Waals surface area contributed by atoms with Crippen LogP contribution in [0.3, 0.4) is 0 Å². The average molecular weight is 202 g/mol. The minimum Gasteiger partial charge on any atom is -0.356 e. The molecular weight excluding hydrogens is 188 g/mol. The standard InChI is InChI=1S/C11H14N4/c12-6-9-1-3-14-11(5-9)15-4-2-10(7-13)8-15/h1,3,5,10H,2,4,7-8,13H2/t10-/m1/s1. The molecule has 4 heteroatoms. The van der Waals surface area contributed by atoms with Crippen molar-refractivity contribution in [3.63, 3.8) is 0 Å². The molecule has 0 saturated carbocycles. The van der Waals surface area contributed by atoms with E-state index in [1.807, 2.05) is 6.07 Å². The van der Waals surface area contributed by atoms with Crippen LogP contribution >= 0.6 is 0 Å². The molecule has 0 spiro atoms. The average Bonchev–Trinajstić information content (AvgIpc) is 2.78. The van der Waals surface area contributed by atoms with Gasteiger partial charge in [-0.3, -0.25) is 0 Å². The van der Waals surface area contributed by atoms with Crippen molar-refractivity contribution in [3.05, 3.63) is 23.9 Å². The molecule has 1 aromatic rings. The van der Waals surface area contributed by atoms with Crippen LogP contribution in [0.5, 0.6) is 0 Å². The Kier molecular flexibility index (Phi) is 2.84. The van der Waals surface area contributed by atoms with Crippen molar-refractivity contribution >= 4 is 5.82 Å². The van der Waals surface area contributed by atoms with Crippen LogP contribution in [-0.4, -0.2) is 24.6 Å². The fourth-order valence-corrected chi connectivity index (χ4v) is 1.89. The first-order valence-electron chi connectivity index (χ1n) is 5.14. The van der Waals surface area contributed by atoms with Crippen molar-refractivity contribution in [3.8, 4) is 6.07 Å². The largest absolute Gasteiger partial charge is 0.356 e. The summed E-state index contributed by atoms with van der Waals surface area (Å²) in [7, 11) is 0. The van der Waals surface area contributed by atoms with E-state index in [0.717, 1.165) is 31.9 Å². The minimum atomic E-state index is 0.567. The lowest BCUT2D eigenvalue weighted by Gasteiger charge is -2.16. The van der Waals surface area contributed by atoms with Crippen LogP contribution in [0.15, 0.2) is 18.3 Å². The number of nitrogens with two attached hydrogens (primary N) is 1. The highest BCUT2D eigenvalue weighted by Crippen LogP contribution is 2.21. The molecule has 0 bridgehead atoms. The van der Waals surface area contributed by atoms with Gasteiger partial charge < -0.3 is 10.6 Å². The van der Waals surface area contributed by atoms with Gasteiger partial charge in [0, 0.05) is 19.3 Å². The molecule has 1 saturated heterocycles. The van der Waals surface area contributed by atoms with Gasteiger partial charge in [0.15, 0.2) is 0 Å². The number of nitriles is 1. The molecule has 0 radical (unpaired) electrons. The highest BCUT2D eigenvalue weighted by Gasteiger charge is 2.22. The third kappa shape index (κ3) is 2.08. The van der Waals surface area contributed by atoms with E-state index in [1.54, 1.807) is 12.3 Å². The van der Waals surface area contributed by atoms with E-state index in [2.05, 4.69) is 16.0 Å². The predicted molar refractivity (Wildman–Crippen MR) is 58.3 cm³/mol. The second-order valence-electron chi connectivity index (χ2n) is 3.85. The van der Waals surface area contributed by atoms with Crippen molar-refractivity contribution in [1.29, 1.82) is 5.26 Å². The molecule has 1 atom stereocenters. The molecule has 1 aliphatic heterocycles. The summed E-state index contributed by atoms with van der Waals surface area (Å²) < 4.78 is 0. The highest BCUT2D eigenvalue weighted by molar-refractivity contribution is 5.45. The van der Waals surface area contributed by atoms with Gasteiger partial charge in [0.1, 0.15) is 5.82 Å². The van der Waals surface area contributed by atoms with Crippen LogP contribution < -0.4 is 10.6 Å². The van der Waals surface area contributed by atoms with Crippen molar-refractivity contribution in [1.82, 2.24) is 4.98 Å². The van der Waals surface area contributed by atoms with E-state index in [4.69, 9.17) is 11.0 Å². The second kappa shape index (κ2) is 4.28. The Labute approximate surface area is 89.3 Å². The van der Waals surface area contributed by atoms with Gasteiger partial charge in [-0.25, -0.2) is 4.98 Å². The van der Waals surface area contributed by atoms with Gasteiger partial charge in [-0.15, -0.1) is 0 Å². The number of hydrogen-bond acceptors (Lipinski definition) is 4. The molecule has 2 heterocycles. The quantitative estimate of drug-likeness (QED) is 0.768. The van der Waals surface area contributed by atoms with Gasteiger partial charge >= 0.3 is 0 Å². The second-order valence-corrected chi connectivity index (χ2v) is 3.85. The lowest BCUT2D eigenvalue weighted by Crippen LogP contribution is -2.23. The number of anilines is 1. The molecule has 0 unspecified atom stereocenters. The molecule has 78 valence electrons. The van der Waals surface area contributed by atoms with Crippen molar-refractivity contribution in [2.75, 3.05) is 24.5 Å². The van der Waals surface area contributed by atoms with Crippen LogP contribution in [0.2, 0.25) is 0 Å². The molecule has 0 aromatic carbocycles. The fourth-order valence-electron chi connectivity index (χ4n) is 1.89. The topological polar surface area (TPSA) is 65.9 Å². The Morgan fingerprint density at radius 3 is 3.20 bits per heavy atom. The summed E-state index contributed by atoms with van der Waals surface area (Å²) in [6, 6.07) is 5.68. The summed E-state index contributed by atoms with van der Waals surface area (Å²) in [5.41, 5.74) is 6.29. The van der Waals surface area contributed by atoms with Crippen LogP contribution in [0, 0.1) is 17.2 Å². The zero-order chi connectivity index (χ0) is 10.7. The Bertz CT molecular complexity index is 382. The van der Waals surface area contributed by atoms with Gasteiger partial charge in [0.05, 0.1) is 11.6 Å². The molecule has 1 aliphatic rings. The zero-order valence-corrected chi connectivity index (χ0v) is 8.56. The Hall–Kier alpha value is -1.60. The normalized spacial score (nSPS) is 20.3. The molecule has 2 rings (SSSR count). The zero-order valence-electron chi connectivity index (χ0n) is 8.56. The lowest BCUT2D eigenvalue weighted by atomic mass is 10.1. The molecule has 2 N–H and O–H groups in total. The molecule has 1 aromatic heterocycles. The summed E-state index contributed by atoms with van der Waals surface area (Å²) in [5.74, 6) is 1.46. The number of nitrogens with zero attached hydrogens (tertiary/aromatic N) is 3. The molecule has 4 nitrogen and oxygen atoms in total. The summed E-state index contributed by atoms with van der Waals surface area (Å²) >= 11 is 0. The van der Waals surface area contributed by atoms with Gasteiger partial charge in [-0.1, -0.05) is 0 Å². The Morgan fingerprint density at radius 2 is 2.53 bits per heavy atom. The SMILES string of the molecule is N#Cc1ccnc(N2CC[C@H](CN)C2)c1. The Balaban J connectivity index is 2.14. The lowest BCUT2D eigenvalue weighted by molar-refractivity contribution is 0.602. The smallest absolute Gasteiger partial charge is 0.129 e. The maximum atomic E-state index is 8.79. The van der Waals surface area contributed by atoms with E-state index in [0.29, 0.717) is 11.5 Å². The van der Waals surface area contributed by atoms with Crippen molar-refractivity contribution < 1.29 is 0 Å². The third-order valence-corrected chi connectivity index (χ3v) is 2.82. The molecule has 15 heavy (non-hydrogen) atoms. The van der Waals surface area contributed by atoms with Crippen LogP contribution in [-0.2, 0) is 0 Å². The summed E-state index contributed by atoms with van der Waals surface area (Å²) in [6.45, 7) is 2.68. The summed E-state index contributed by atoms with van der Waals surface area (Å²) in [5, 5.41) is 8.79. The number of rotatable bonds is 2. The van der Waals surface area contributed by atoms with Gasteiger partial charge in [0.25, 0.3) is 0 Å². The Morgan fingerprint density at radius 1 is 1.67 bits per heavy atom. The number of hydrogen-bond donors (Lipinski definition) is 1. The maximum Gasteiger partial charge on any atom is 0.129 e. The van der Waals surface area contributed by atoms with E-state index < -0.39 is 0 Å². The van der Waals surface area contributed by atoms with Gasteiger partial charge in [0.2, 0.25) is 0 Å². The molecular formula is C11H14N4. The van der Waals surface area contributed by atoms with Crippen LogP contribution in [0.25, 0.3) is 0 Å². The maximum absolute atomic E-state index is 8.79. The van der Waals surface area contributed by atoms with Crippen molar-refractivity contribution in [2.45, 2.75) is 6.42 Å². The van der Waals surface area contributed by atoms with E-state index in [1.165, 1.54) is 0 Å². The van der Waals surface area contributed by atoms with E-state index in [9.17, 15) is 0 Å². The van der Waals surface area contributed by atoms with E-state index in [-0.39, 0.29) is 0 Å². The van der Waals surface area contributed by atoms with E-state index >= 15 is 0 Å². The molecule has 0 amide bonds. The third-order valence-electron chi connectivity index (χ3n) is 2.82. The number of aromatic nitrogens is 1. The summed E-state index contributed by atoms with van der Waals surface area (Å²) in [6.07, 6.45) is 2.80. The monoisotopic (exact) mass is 202 g/mol. The predicted octanol–water partition coefficient (Wildman–Crippen LogP) is 0.738. The highest BCUT2D eigenvalue weighted by atomic mass is 15.2. The summed E-state index contributed by atoms with van der Waals surface area (Å²) in [4.78, 5) is 6.46. The first-order chi connectivity index (χ1) is 7.33. The molecule has 0 aliphatic carbocycles. The number of pyridine rings is 1. The van der Waals surface area contributed by atoms with Crippen LogP contribution in [0.4, 0.5) is 5.82 Å². The molecule has 1 fully saturated rings. The first-order valence-corrected chi connectivity index (χ1v) is 5.14. The van der Waals surface area contributed by atoms with Gasteiger partial charge in [-0.2, -0.15) is 5.26 Å². The fraction of sp³-hybridized carbons (Fsp3) is 0.455. The van der Waals surface area contributed by atoms with Crippen molar-refractivity contribution in [2.24, 2.45) is 11.7 Å². The minimum absolute atomic E-state index is 0.567. The van der Waals surface area contributed by atoms with Gasteiger partial charge in [-0.05, 0) is 31.0 Å². The first kappa shape index (κ1) is 9.94.